The minimum absolute atomic E-state index is 0.0162. The maximum absolute atomic E-state index is 14.5. The highest BCUT2D eigenvalue weighted by Gasteiger charge is 2.48. The molecule has 1 N–H and O–H groups in total. The van der Waals surface area contributed by atoms with Crippen molar-refractivity contribution in [1.29, 1.82) is 0 Å². The molecule has 8 nitrogen and oxygen atoms in total. The Hall–Kier alpha value is -2.45. The molecule has 4 aliphatic rings. The fourth-order valence-corrected chi connectivity index (χ4v) is 5.00. The van der Waals surface area contributed by atoms with Gasteiger partial charge in [-0.15, -0.1) is 10.2 Å². The molecule has 2 aromatic rings. The molecule has 2 aliphatic heterocycles. The largest absolute Gasteiger partial charge is 0.291 e. The van der Waals surface area contributed by atoms with Crippen molar-refractivity contribution >= 4 is 11.8 Å². The second-order valence-electron chi connectivity index (χ2n) is 8.77. The lowest BCUT2D eigenvalue weighted by Gasteiger charge is -2.45. The molecule has 3 unspecified atom stereocenters. The predicted octanol–water partition coefficient (Wildman–Crippen LogP) is 2.26. The van der Waals surface area contributed by atoms with Crippen molar-refractivity contribution in [3.63, 3.8) is 0 Å². The van der Waals surface area contributed by atoms with Gasteiger partial charge in [0.15, 0.2) is 0 Å². The van der Waals surface area contributed by atoms with Gasteiger partial charge in [0.2, 0.25) is 0 Å². The lowest BCUT2D eigenvalue weighted by Crippen LogP contribution is -2.55. The van der Waals surface area contributed by atoms with Gasteiger partial charge in [-0.1, -0.05) is 25.0 Å². The van der Waals surface area contributed by atoms with Gasteiger partial charge in [-0.3, -0.25) is 14.9 Å². The Morgan fingerprint density at radius 2 is 2.15 bits per heavy atom. The van der Waals surface area contributed by atoms with E-state index in [1.54, 1.807) is 15.4 Å². The first kappa shape index (κ1) is 15.6. The monoisotopic (exact) mass is 370 g/mol. The second-order valence-corrected chi connectivity index (χ2v) is 8.77. The van der Waals surface area contributed by atoms with Crippen molar-refractivity contribution in [3.8, 4) is 0 Å². The van der Waals surface area contributed by atoms with Crippen LogP contribution in [0.4, 0.5) is 10.2 Å². The van der Waals surface area contributed by atoms with Crippen molar-refractivity contribution in [3.05, 3.63) is 24.2 Å². The van der Waals surface area contributed by atoms with Gasteiger partial charge in [-0.25, -0.2) is 4.98 Å². The number of anilines is 1. The van der Waals surface area contributed by atoms with Crippen molar-refractivity contribution < 1.29 is 4.39 Å². The third-order valence-corrected chi connectivity index (χ3v) is 6.75. The van der Waals surface area contributed by atoms with Crippen molar-refractivity contribution in [2.75, 3.05) is 4.90 Å². The molecule has 9 heteroatoms. The number of halogens is 1. The fraction of sp³-hybridized carbons (Fsp3) is 0.667. The molecule has 27 heavy (non-hydrogen) atoms. The molecule has 2 aromatic heterocycles. The van der Waals surface area contributed by atoms with E-state index in [2.05, 4.69) is 32.7 Å². The number of fused-ring (bicyclic) bond motifs is 6. The molecule has 0 amide bonds. The molecule has 6 rings (SSSR count). The van der Waals surface area contributed by atoms with Crippen LogP contribution in [0.2, 0.25) is 0 Å². The van der Waals surface area contributed by atoms with Crippen LogP contribution in [0, 0.1) is 17.4 Å². The van der Waals surface area contributed by atoms with Crippen LogP contribution in [0.1, 0.15) is 57.2 Å². The van der Waals surface area contributed by atoms with Gasteiger partial charge >= 0.3 is 0 Å². The highest BCUT2D eigenvalue weighted by atomic mass is 19.1. The highest BCUT2D eigenvalue weighted by Crippen LogP contribution is 2.48. The number of nitrogens with zero attached hydrogens (tertiary/aromatic N) is 7. The molecule has 142 valence electrons. The Bertz CT molecular complexity index is 926. The minimum atomic E-state index is -0.410. The average Bonchev–Trinajstić information content (AvgIpc) is 3.07. The summed E-state index contributed by atoms with van der Waals surface area (Å²) in [7, 11) is 0. The number of hydrazone groups is 1. The SMILES string of the molecule is CC1(Cc2cn(C3=NNC4C5CCCCC5n5c(cnc5F)N34)nn2)CC1. The summed E-state index contributed by atoms with van der Waals surface area (Å²) in [6, 6.07) is 0.140. The molecule has 0 radical (unpaired) electrons. The fourth-order valence-electron chi connectivity index (χ4n) is 5.00. The van der Waals surface area contributed by atoms with Gasteiger partial charge in [0.05, 0.1) is 18.1 Å². The zero-order chi connectivity index (χ0) is 18.2. The second kappa shape index (κ2) is 5.30. The van der Waals surface area contributed by atoms with Crippen LogP contribution in [0.15, 0.2) is 17.5 Å². The average molecular weight is 370 g/mol. The summed E-state index contributed by atoms with van der Waals surface area (Å²) in [4.78, 5) is 6.01. The summed E-state index contributed by atoms with van der Waals surface area (Å²) in [5.41, 5.74) is 4.64. The zero-order valence-electron chi connectivity index (χ0n) is 15.3. The Balaban J connectivity index is 1.37. The maximum atomic E-state index is 14.5. The molecule has 3 atom stereocenters. The van der Waals surface area contributed by atoms with Gasteiger partial charge in [0, 0.05) is 12.0 Å². The first-order valence-electron chi connectivity index (χ1n) is 9.90. The number of hydrogen-bond acceptors (Lipinski definition) is 6. The van der Waals surface area contributed by atoms with Crippen molar-refractivity contribution in [2.24, 2.45) is 16.4 Å². The summed E-state index contributed by atoms with van der Waals surface area (Å²) < 4.78 is 18.0. The van der Waals surface area contributed by atoms with Gasteiger partial charge in [-0.05, 0) is 37.5 Å². The van der Waals surface area contributed by atoms with Crippen LogP contribution in [0.25, 0.3) is 0 Å². The van der Waals surface area contributed by atoms with Crippen LogP contribution in [0.5, 0.6) is 0 Å². The summed E-state index contributed by atoms with van der Waals surface area (Å²) in [5, 5.41) is 13.2. The Kier molecular flexibility index (Phi) is 3.06. The van der Waals surface area contributed by atoms with Crippen molar-refractivity contribution in [1.82, 2.24) is 30.0 Å². The Labute approximate surface area is 156 Å². The summed E-state index contributed by atoms with van der Waals surface area (Å²) in [6.45, 7) is 2.28. The van der Waals surface area contributed by atoms with Crippen LogP contribution in [-0.4, -0.2) is 36.7 Å². The van der Waals surface area contributed by atoms with Crippen molar-refractivity contribution in [2.45, 2.75) is 64.1 Å². The first-order chi connectivity index (χ1) is 13.1. The topological polar surface area (TPSA) is 76.2 Å². The molecular formula is C18H23FN8. The van der Waals surface area contributed by atoms with E-state index in [1.807, 2.05) is 11.1 Å². The normalized spacial score (nSPS) is 30.2. The van der Waals surface area contributed by atoms with E-state index in [9.17, 15) is 4.39 Å². The van der Waals surface area contributed by atoms with Gasteiger partial charge in [-0.2, -0.15) is 9.07 Å². The molecule has 2 aliphatic carbocycles. The molecular weight excluding hydrogens is 347 g/mol. The number of imidazole rings is 1. The van der Waals surface area contributed by atoms with E-state index in [0.717, 1.165) is 37.2 Å². The van der Waals surface area contributed by atoms with E-state index in [-0.39, 0.29) is 12.2 Å². The van der Waals surface area contributed by atoms with E-state index >= 15 is 0 Å². The third-order valence-electron chi connectivity index (χ3n) is 6.75. The van der Waals surface area contributed by atoms with Gasteiger partial charge < -0.3 is 0 Å². The third kappa shape index (κ3) is 2.26. The maximum Gasteiger partial charge on any atom is 0.291 e. The van der Waals surface area contributed by atoms with Gasteiger partial charge in [0.1, 0.15) is 12.0 Å². The number of nitrogens with one attached hydrogen (secondary N) is 1. The molecule has 0 saturated heterocycles. The van der Waals surface area contributed by atoms with Crippen LogP contribution in [-0.2, 0) is 6.42 Å². The highest BCUT2D eigenvalue weighted by molar-refractivity contribution is 5.98. The van der Waals surface area contributed by atoms with Crippen LogP contribution >= 0.6 is 0 Å². The van der Waals surface area contributed by atoms with E-state index in [4.69, 9.17) is 0 Å². The number of hydrogen-bond donors (Lipinski definition) is 1. The quantitative estimate of drug-likeness (QED) is 0.878. The minimum Gasteiger partial charge on any atom is -0.283 e. The standard InChI is InChI=1S/C18H23FN8/c1-18(6-7-18)8-11-10-25(24-21-11)17-23-22-15-12-4-2-3-5-13(12)26-14(27(15)17)9-20-16(26)19/h9-10,12-13,15,22H,2-8H2,1H3. The lowest BCUT2D eigenvalue weighted by atomic mass is 9.80. The number of rotatable bonds is 2. The number of aromatic nitrogens is 5. The Morgan fingerprint density at radius 3 is 3.00 bits per heavy atom. The van der Waals surface area contributed by atoms with E-state index < -0.39 is 6.08 Å². The molecule has 0 spiro atoms. The smallest absolute Gasteiger partial charge is 0.283 e. The summed E-state index contributed by atoms with van der Waals surface area (Å²) in [5.74, 6) is 1.69. The lowest BCUT2D eigenvalue weighted by molar-refractivity contribution is 0.161. The van der Waals surface area contributed by atoms with Crippen LogP contribution < -0.4 is 10.3 Å². The van der Waals surface area contributed by atoms with Crippen LogP contribution in [0.3, 0.4) is 0 Å². The predicted molar refractivity (Wildman–Crippen MR) is 96.5 cm³/mol. The summed E-state index contributed by atoms with van der Waals surface area (Å²) in [6.07, 6.45) is 10.9. The molecule has 2 fully saturated rings. The molecule has 2 saturated carbocycles. The molecule has 4 heterocycles. The summed E-state index contributed by atoms with van der Waals surface area (Å²) >= 11 is 0. The van der Waals surface area contributed by atoms with E-state index in [0.29, 0.717) is 17.3 Å². The zero-order valence-corrected chi connectivity index (χ0v) is 15.3. The van der Waals surface area contributed by atoms with E-state index in [1.165, 1.54) is 19.3 Å². The van der Waals surface area contributed by atoms with Gasteiger partial charge in [0.25, 0.3) is 12.0 Å². The molecule has 0 aromatic carbocycles. The Morgan fingerprint density at radius 1 is 1.30 bits per heavy atom. The first-order valence-corrected chi connectivity index (χ1v) is 9.90. The molecule has 0 bridgehead atoms.